The fraction of sp³-hybridized carbons (Fsp3) is 0.654. The summed E-state index contributed by atoms with van der Waals surface area (Å²) in [4.78, 5) is 10.1. The lowest BCUT2D eigenvalue weighted by Gasteiger charge is -2.33. The highest BCUT2D eigenvalue weighted by atomic mass is 127. The number of benzene rings is 1. The van der Waals surface area contributed by atoms with Gasteiger partial charge in [0.15, 0.2) is 5.96 Å². The van der Waals surface area contributed by atoms with Crippen LogP contribution in [0.5, 0.6) is 0 Å². The molecule has 2 aliphatic rings. The van der Waals surface area contributed by atoms with Crippen molar-refractivity contribution in [3.8, 4) is 0 Å². The number of nitrogens with one attached hydrogen (secondary N) is 2. The van der Waals surface area contributed by atoms with Crippen LogP contribution in [0, 0.1) is 12.8 Å². The van der Waals surface area contributed by atoms with Crippen molar-refractivity contribution in [3.05, 3.63) is 47.5 Å². The zero-order chi connectivity index (χ0) is 22.1. The van der Waals surface area contributed by atoms with E-state index in [1.807, 2.05) is 0 Å². The molecule has 1 aromatic rings. The van der Waals surface area contributed by atoms with Crippen LogP contribution in [0.2, 0.25) is 0 Å². The maximum atomic E-state index is 4.97. The lowest BCUT2D eigenvalue weighted by molar-refractivity contribution is 0.180. The summed E-state index contributed by atoms with van der Waals surface area (Å²) < 4.78 is 0. The molecular formula is C26H44IN5. The van der Waals surface area contributed by atoms with Crippen molar-refractivity contribution in [2.75, 3.05) is 45.8 Å². The fourth-order valence-electron chi connectivity index (χ4n) is 4.63. The molecule has 0 saturated carbocycles. The largest absolute Gasteiger partial charge is 0.357 e. The van der Waals surface area contributed by atoms with Gasteiger partial charge < -0.3 is 10.6 Å². The third-order valence-electron chi connectivity index (χ3n) is 6.51. The van der Waals surface area contributed by atoms with E-state index >= 15 is 0 Å². The van der Waals surface area contributed by atoms with Crippen molar-refractivity contribution in [1.82, 2.24) is 20.4 Å². The van der Waals surface area contributed by atoms with Crippen LogP contribution in [0.25, 0.3) is 0 Å². The Morgan fingerprint density at radius 3 is 2.25 bits per heavy atom. The summed E-state index contributed by atoms with van der Waals surface area (Å²) in [6.07, 6.45) is 4.84. The van der Waals surface area contributed by atoms with Crippen LogP contribution in [-0.2, 0) is 6.54 Å². The van der Waals surface area contributed by atoms with Gasteiger partial charge in [0.1, 0.15) is 0 Å². The Morgan fingerprint density at radius 2 is 1.66 bits per heavy atom. The maximum Gasteiger partial charge on any atom is 0.191 e. The second-order valence-electron chi connectivity index (χ2n) is 9.58. The van der Waals surface area contributed by atoms with Gasteiger partial charge in [-0.1, -0.05) is 42.0 Å². The number of aryl methyl sites for hydroxylation is 1. The Kier molecular flexibility index (Phi) is 12.0. The lowest BCUT2D eigenvalue weighted by atomic mass is 9.96. The second-order valence-corrected chi connectivity index (χ2v) is 9.58. The minimum absolute atomic E-state index is 0. The lowest BCUT2D eigenvalue weighted by Crippen LogP contribution is -2.49. The van der Waals surface area contributed by atoms with Crippen LogP contribution < -0.4 is 10.6 Å². The summed E-state index contributed by atoms with van der Waals surface area (Å²) in [5.74, 6) is 1.70. The van der Waals surface area contributed by atoms with Crippen molar-refractivity contribution in [1.29, 1.82) is 0 Å². The molecule has 3 rings (SSSR count). The number of guanidine groups is 1. The van der Waals surface area contributed by atoms with E-state index in [4.69, 9.17) is 4.99 Å². The zero-order valence-electron chi connectivity index (χ0n) is 20.4. The highest BCUT2D eigenvalue weighted by Crippen LogP contribution is 2.20. The van der Waals surface area contributed by atoms with Crippen molar-refractivity contribution in [2.24, 2.45) is 10.9 Å². The van der Waals surface area contributed by atoms with E-state index in [0.29, 0.717) is 12.0 Å². The molecule has 0 atom stereocenters. The van der Waals surface area contributed by atoms with E-state index in [0.717, 1.165) is 45.2 Å². The minimum Gasteiger partial charge on any atom is -0.357 e. The van der Waals surface area contributed by atoms with Gasteiger partial charge in [0, 0.05) is 45.3 Å². The molecular weight excluding hydrogens is 509 g/mol. The first kappa shape index (κ1) is 27.1. The summed E-state index contributed by atoms with van der Waals surface area (Å²) in [7, 11) is 0. The molecule has 5 nitrogen and oxygen atoms in total. The van der Waals surface area contributed by atoms with Crippen LogP contribution in [-0.4, -0.2) is 67.6 Å². The third-order valence-corrected chi connectivity index (χ3v) is 6.51. The Balaban J connectivity index is 0.00000363. The van der Waals surface area contributed by atoms with Gasteiger partial charge in [0.2, 0.25) is 0 Å². The number of nitrogens with zero attached hydrogens (tertiary/aromatic N) is 3. The van der Waals surface area contributed by atoms with E-state index < -0.39 is 0 Å². The SMILES string of the molecule is C=C(C)CN1CCC(NC(=NCC2CCN(Cc3ccc(C)cc3)CC2)NCC)CC1.I. The van der Waals surface area contributed by atoms with Crippen LogP contribution in [0.15, 0.2) is 41.4 Å². The summed E-state index contributed by atoms with van der Waals surface area (Å²) in [5, 5.41) is 7.16. The van der Waals surface area contributed by atoms with E-state index in [-0.39, 0.29) is 24.0 Å². The summed E-state index contributed by atoms with van der Waals surface area (Å²) in [5.41, 5.74) is 4.02. The Hall–Kier alpha value is -1.12. The molecule has 0 aromatic heterocycles. The molecule has 32 heavy (non-hydrogen) atoms. The first-order valence-corrected chi connectivity index (χ1v) is 12.2. The standard InChI is InChI=1S/C26H43N5.HI/c1-5-27-26(29-25-12-16-30(17-13-25)19-21(2)3)28-18-23-10-14-31(15-11-23)20-24-8-6-22(4)7-9-24;/h6-9,23,25H,2,5,10-20H2,1,3-4H3,(H2,27,28,29);1H. The average Bonchev–Trinajstić information content (AvgIpc) is 2.76. The zero-order valence-corrected chi connectivity index (χ0v) is 22.7. The quantitative estimate of drug-likeness (QED) is 0.217. The van der Waals surface area contributed by atoms with Gasteiger partial charge in [-0.15, -0.1) is 24.0 Å². The second kappa shape index (κ2) is 14.2. The van der Waals surface area contributed by atoms with Crippen LogP contribution in [0.1, 0.15) is 50.7 Å². The van der Waals surface area contributed by atoms with E-state index in [1.54, 1.807) is 0 Å². The number of hydrogen-bond donors (Lipinski definition) is 2. The summed E-state index contributed by atoms with van der Waals surface area (Å²) >= 11 is 0. The van der Waals surface area contributed by atoms with Gasteiger partial charge in [-0.25, -0.2) is 0 Å². The highest BCUT2D eigenvalue weighted by molar-refractivity contribution is 14.0. The van der Waals surface area contributed by atoms with Crippen LogP contribution in [0.3, 0.4) is 0 Å². The number of likely N-dealkylation sites (tertiary alicyclic amines) is 2. The number of rotatable bonds is 8. The molecule has 0 aliphatic carbocycles. The Morgan fingerprint density at radius 1 is 1.03 bits per heavy atom. The fourth-order valence-corrected chi connectivity index (χ4v) is 4.63. The number of piperidine rings is 2. The van der Waals surface area contributed by atoms with Crippen molar-refractivity contribution < 1.29 is 0 Å². The van der Waals surface area contributed by atoms with E-state index in [1.165, 1.54) is 55.5 Å². The number of halogens is 1. The van der Waals surface area contributed by atoms with E-state index in [9.17, 15) is 0 Å². The summed E-state index contributed by atoms with van der Waals surface area (Å²) in [6.45, 7) is 19.1. The molecule has 0 radical (unpaired) electrons. The predicted octanol–water partition coefficient (Wildman–Crippen LogP) is 4.42. The topological polar surface area (TPSA) is 42.9 Å². The highest BCUT2D eigenvalue weighted by Gasteiger charge is 2.21. The maximum absolute atomic E-state index is 4.97. The average molecular weight is 554 g/mol. The minimum atomic E-state index is 0. The molecule has 2 aliphatic heterocycles. The Bertz CT molecular complexity index is 701. The van der Waals surface area contributed by atoms with Crippen molar-refractivity contribution in [2.45, 2.75) is 59.0 Å². The first-order valence-electron chi connectivity index (χ1n) is 12.2. The molecule has 0 bridgehead atoms. The molecule has 2 heterocycles. The van der Waals surface area contributed by atoms with E-state index in [2.05, 4.69) is 72.0 Å². The van der Waals surface area contributed by atoms with Crippen molar-refractivity contribution in [3.63, 3.8) is 0 Å². The smallest absolute Gasteiger partial charge is 0.191 e. The van der Waals surface area contributed by atoms with Crippen LogP contribution >= 0.6 is 24.0 Å². The third kappa shape index (κ3) is 9.40. The van der Waals surface area contributed by atoms with Gasteiger partial charge >= 0.3 is 0 Å². The van der Waals surface area contributed by atoms with Gasteiger partial charge in [0.25, 0.3) is 0 Å². The van der Waals surface area contributed by atoms with Gasteiger partial charge in [-0.3, -0.25) is 14.8 Å². The molecule has 0 unspecified atom stereocenters. The summed E-state index contributed by atoms with van der Waals surface area (Å²) in [6, 6.07) is 9.49. The first-order chi connectivity index (χ1) is 15.0. The number of hydrogen-bond acceptors (Lipinski definition) is 3. The van der Waals surface area contributed by atoms with Crippen molar-refractivity contribution >= 4 is 29.9 Å². The normalized spacial score (nSPS) is 19.4. The van der Waals surface area contributed by atoms with Gasteiger partial charge in [-0.05, 0) is 71.0 Å². The molecule has 2 saturated heterocycles. The molecule has 1 aromatic carbocycles. The Labute approximate surface area is 213 Å². The predicted molar refractivity (Wildman–Crippen MR) is 148 cm³/mol. The molecule has 2 fully saturated rings. The molecule has 2 N–H and O–H groups in total. The van der Waals surface area contributed by atoms with Gasteiger partial charge in [-0.2, -0.15) is 0 Å². The number of aliphatic imine (C=N–C) groups is 1. The molecule has 0 amide bonds. The molecule has 180 valence electrons. The molecule has 0 spiro atoms. The monoisotopic (exact) mass is 553 g/mol. The van der Waals surface area contributed by atoms with Gasteiger partial charge in [0.05, 0.1) is 0 Å². The molecule has 6 heteroatoms. The van der Waals surface area contributed by atoms with Crippen LogP contribution in [0.4, 0.5) is 0 Å².